The minimum Gasteiger partial charge on any atom is -0.374 e. The molecule has 2 heteroatoms. The normalized spacial score (nSPS) is 20.4. The van der Waals surface area contributed by atoms with Crippen LogP contribution in [0, 0.1) is 0 Å². The fourth-order valence-corrected chi connectivity index (χ4v) is 1.81. The van der Waals surface area contributed by atoms with E-state index in [1.165, 1.54) is 25.9 Å². The van der Waals surface area contributed by atoms with Gasteiger partial charge < -0.3 is 4.74 Å². The Kier molecular flexibility index (Phi) is 3.59. The van der Waals surface area contributed by atoms with E-state index in [4.69, 9.17) is 4.74 Å². The summed E-state index contributed by atoms with van der Waals surface area (Å²) in [6.07, 6.45) is 2.69. The summed E-state index contributed by atoms with van der Waals surface area (Å²) in [7, 11) is 0. The lowest BCUT2D eigenvalue weighted by Crippen LogP contribution is -2.47. The number of nitrogens with zero attached hydrogens (tertiary/aromatic N) is 1. The Morgan fingerprint density at radius 3 is 1.93 bits per heavy atom. The Labute approximate surface area is 88.6 Å². The molecule has 0 unspecified atom stereocenters. The maximum Gasteiger partial charge on any atom is 0.0652 e. The van der Waals surface area contributed by atoms with Crippen LogP contribution in [0.15, 0.2) is 0 Å². The van der Waals surface area contributed by atoms with Crippen molar-refractivity contribution in [2.75, 3.05) is 19.7 Å². The van der Waals surface area contributed by atoms with E-state index in [-0.39, 0.29) is 11.1 Å². The molecule has 0 saturated carbocycles. The molecule has 1 saturated heterocycles. The van der Waals surface area contributed by atoms with Gasteiger partial charge in [-0.3, -0.25) is 4.90 Å². The second-order valence-electron chi connectivity index (χ2n) is 5.91. The molecule has 2 nitrogen and oxygen atoms in total. The molecule has 0 N–H and O–H groups in total. The van der Waals surface area contributed by atoms with Gasteiger partial charge >= 0.3 is 0 Å². The van der Waals surface area contributed by atoms with Crippen molar-refractivity contribution in [3.05, 3.63) is 0 Å². The van der Waals surface area contributed by atoms with Crippen molar-refractivity contribution in [2.45, 2.75) is 58.6 Å². The molecule has 0 spiro atoms. The zero-order valence-electron chi connectivity index (χ0n) is 10.4. The van der Waals surface area contributed by atoms with Crippen molar-refractivity contribution in [3.8, 4) is 0 Å². The zero-order valence-corrected chi connectivity index (χ0v) is 10.4. The van der Waals surface area contributed by atoms with Gasteiger partial charge in [0.1, 0.15) is 0 Å². The summed E-state index contributed by atoms with van der Waals surface area (Å²) >= 11 is 0. The van der Waals surface area contributed by atoms with Gasteiger partial charge in [0.2, 0.25) is 0 Å². The maximum absolute atomic E-state index is 5.86. The summed E-state index contributed by atoms with van der Waals surface area (Å²) in [6, 6.07) is 0. The molecule has 0 aliphatic carbocycles. The van der Waals surface area contributed by atoms with Gasteiger partial charge in [0.25, 0.3) is 0 Å². The smallest absolute Gasteiger partial charge is 0.0652 e. The Balaban J connectivity index is 2.40. The van der Waals surface area contributed by atoms with Crippen molar-refractivity contribution in [2.24, 2.45) is 0 Å². The molecule has 1 aliphatic rings. The molecule has 0 aromatic rings. The van der Waals surface area contributed by atoms with Gasteiger partial charge in [-0.1, -0.05) is 0 Å². The quantitative estimate of drug-likeness (QED) is 0.693. The highest BCUT2D eigenvalue weighted by atomic mass is 16.5. The first-order valence-electron chi connectivity index (χ1n) is 5.70. The van der Waals surface area contributed by atoms with Gasteiger partial charge in [-0.05, 0) is 60.5 Å². The minimum absolute atomic E-state index is 0.0169. The number of hydrogen-bond donors (Lipinski definition) is 0. The van der Waals surface area contributed by atoms with Crippen LogP contribution in [0.25, 0.3) is 0 Å². The Morgan fingerprint density at radius 1 is 1.00 bits per heavy atom. The van der Waals surface area contributed by atoms with Crippen molar-refractivity contribution < 1.29 is 4.74 Å². The van der Waals surface area contributed by atoms with Crippen LogP contribution in [0.4, 0.5) is 0 Å². The molecule has 0 aromatic heterocycles. The number of hydrogen-bond acceptors (Lipinski definition) is 2. The predicted octanol–water partition coefficient (Wildman–Crippen LogP) is 2.68. The fourth-order valence-electron chi connectivity index (χ4n) is 1.81. The highest BCUT2D eigenvalue weighted by Crippen LogP contribution is 2.23. The van der Waals surface area contributed by atoms with Crippen LogP contribution < -0.4 is 0 Å². The predicted molar refractivity (Wildman–Crippen MR) is 60.6 cm³/mol. The van der Waals surface area contributed by atoms with E-state index in [2.05, 4.69) is 39.5 Å². The van der Waals surface area contributed by atoms with Crippen LogP contribution in [-0.2, 0) is 4.74 Å². The van der Waals surface area contributed by atoms with Gasteiger partial charge in [0.15, 0.2) is 0 Å². The first-order valence-corrected chi connectivity index (χ1v) is 5.70. The van der Waals surface area contributed by atoms with E-state index < -0.39 is 0 Å². The fraction of sp³-hybridized carbons (Fsp3) is 1.00. The summed E-state index contributed by atoms with van der Waals surface area (Å²) in [5.41, 5.74) is 0.181. The van der Waals surface area contributed by atoms with Crippen molar-refractivity contribution >= 4 is 0 Å². The average Bonchev–Trinajstić information content (AvgIpc) is 2.52. The molecule has 1 aliphatic heterocycles. The highest BCUT2D eigenvalue weighted by molar-refractivity contribution is 4.85. The topological polar surface area (TPSA) is 12.5 Å². The van der Waals surface area contributed by atoms with Gasteiger partial charge in [-0.2, -0.15) is 0 Å². The zero-order chi connectivity index (χ0) is 10.8. The summed E-state index contributed by atoms with van der Waals surface area (Å²) in [4.78, 5) is 2.54. The van der Waals surface area contributed by atoms with Gasteiger partial charge in [-0.15, -0.1) is 0 Å². The summed E-state index contributed by atoms with van der Waals surface area (Å²) in [5, 5.41) is 0. The van der Waals surface area contributed by atoms with Crippen molar-refractivity contribution in [3.63, 3.8) is 0 Å². The first kappa shape index (κ1) is 12.0. The van der Waals surface area contributed by atoms with Crippen LogP contribution in [0.3, 0.4) is 0 Å². The van der Waals surface area contributed by atoms with Gasteiger partial charge in [-0.25, -0.2) is 0 Å². The third-order valence-electron chi connectivity index (χ3n) is 2.82. The van der Waals surface area contributed by atoms with Crippen LogP contribution in [0.2, 0.25) is 0 Å². The summed E-state index contributed by atoms with van der Waals surface area (Å²) in [5.74, 6) is 0. The Hall–Kier alpha value is -0.0800. The molecule has 0 amide bonds. The van der Waals surface area contributed by atoms with Gasteiger partial charge in [0.05, 0.1) is 12.2 Å². The third kappa shape index (κ3) is 3.58. The second kappa shape index (κ2) is 4.19. The maximum atomic E-state index is 5.86. The van der Waals surface area contributed by atoms with Gasteiger partial charge in [0, 0.05) is 5.54 Å². The second-order valence-corrected chi connectivity index (χ2v) is 5.91. The molecule has 84 valence electrons. The molecular weight excluding hydrogens is 174 g/mol. The molecule has 1 rings (SSSR count). The van der Waals surface area contributed by atoms with E-state index in [1.54, 1.807) is 0 Å². The molecule has 1 fully saturated rings. The lowest BCUT2D eigenvalue weighted by atomic mass is 10.0. The average molecular weight is 199 g/mol. The molecule has 1 heterocycles. The third-order valence-corrected chi connectivity index (χ3v) is 2.82. The highest BCUT2D eigenvalue weighted by Gasteiger charge is 2.30. The monoisotopic (exact) mass is 199 g/mol. The molecule has 0 aromatic carbocycles. The van der Waals surface area contributed by atoms with Crippen LogP contribution in [-0.4, -0.2) is 35.7 Å². The number of rotatable bonds is 3. The number of ether oxygens (including phenoxy) is 1. The molecule has 0 radical (unpaired) electrons. The molecule has 0 atom stereocenters. The first-order chi connectivity index (χ1) is 6.31. The Morgan fingerprint density at radius 2 is 1.50 bits per heavy atom. The minimum atomic E-state index is -0.0169. The van der Waals surface area contributed by atoms with Crippen LogP contribution in [0.5, 0.6) is 0 Å². The lowest BCUT2D eigenvalue weighted by molar-refractivity contribution is -0.0569. The van der Waals surface area contributed by atoms with Crippen molar-refractivity contribution in [1.29, 1.82) is 0 Å². The summed E-state index contributed by atoms with van der Waals surface area (Å²) < 4.78 is 5.86. The SMILES string of the molecule is CC(C)(C)OCC(C)(C)N1CCCC1. The standard InChI is InChI=1S/C12H25NO/c1-11(2,3)14-10-12(4,5)13-8-6-7-9-13/h6-10H2,1-5H3. The Bertz CT molecular complexity index is 175. The molecular formula is C12H25NO. The van der Waals surface area contributed by atoms with E-state index in [0.717, 1.165) is 6.61 Å². The van der Waals surface area contributed by atoms with E-state index in [0.29, 0.717) is 0 Å². The lowest BCUT2D eigenvalue weighted by Gasteiger charge is -2.37. The van der Waals surface area contributed by atoms with Crippen LogP contribution >= 0.6 is 0 Å². The van der Waals surface area contributed by atoms with E-state index in [1.807, 2.05) is 0 Å². The van der Waals surface area contributed by atoms with Crippen molar-refractivity contribution in [1.82, 2.24) is 4.90 Å². The molecule has 14 heavy (non-hydrogen) atoms. The van der Waals surface area contributed by atoms with E-state index in [9.17, 15) is 0 Å². The summed E-state index contributed by atoms with van der Waals surface area (Å²) in [6.45, 7) is 14.2. The molecule has 0 bridgehead atoms. The number of likely N-dealkylation sites (tertiary alicyclic amines) is 1. The van der Waals surface area contributed by atoms with E-state index >= 15 is 0 Å². The largest absolute Gasteiger partial charge is 0.374 e. The van der Waals surface area contributed by atoms with Crippen LogP contribution in [0.1, 0.15) is 47.5 Å².